The molecule has 0 saturated carbocycles. The van der Waals surface area contributed by atoms with E-state index < -0.39 is 0 Å². The van der Waals surface area contributed by atoms with E-state index >= 15 is 0 Å². The van der Waals surface area contributed by atoms with E-state index in [9.17, 15) is 4.79 Å². The number of hydrogen-bond acceptors (Lipinski definition) is 2. The van der Waals surface area contributed by atoms with Crippen LogP contribution in [0.5, 0.6) is 0 Å². The third kappa shape index (κ3) is 3.80. The molecule has 2 aromatic rings. The minimum absolute atomic E-state index is 0.219. The maximum atomic E-state index is 12.3. The molecule has 0 spiro atoms. The van der Waals surface area contributed by atoms with Gasteiger partial charge in [0.05, 0.1) is 0 Å². The molecule has 0 fully saturated rings. The Morgan fingerprint density at radius 2 is 1.86 bits per heavy atom. The van der Waals surface area contributed by atoms with E-state index in [1.165, 1.54) is 0 Å². The zero-order valence-corrected chi connectivity index (χ0v) is 13.3. The molecule has 0 aromatic heterocycles. The second-order valence-electron chi connectivity index (χ2n) is 4.87. The highest BCUT2D eigenvalue weighted by Crippen LogP contribution is 2.20. The van der Waals surface area contributed by atoms with Gasteiger partial charge in [0.25, 0.3) is 5.91 Å². The number of anilines is 1. The predicted molar refractivity (Wildman–Crippen MR) is 91.2 cm³/mol. The molecule has 108 valence electrons. The Labute approximate surface area is 134 Å². The third-order valence-electron chi connectivity index (χ3n) is 3.07. The Morgan fingerprint density at radius 1 is 1.14 bits per heavy atom. The molecule has 0 saturated heterocycles. The number of carbonyl (C=O) groups excluding carboxylic acids is 1. The van der Waals surface area contributed by atoms with E-state index in [-0.39, 0.29) is 5.91 Å². The molecule has 0 atom stereocenters. The normalized spacial score (nSPS) is 10.2. The monoisotopic (exact) mass is 318 g/mol. The number of hydrogen-bond donors (Lipinski definition) is 2. The molecule has 0 heterocycles. The van der Waals surface area contributed by atoms with Gasteiger partial charge in [0, 0.05) is 21.8 Å². The second kappa shape index (κ2) is 6.24. The minimum atomic E-state index is -0.219. The molecule has 0 unspecified atom stereocenters. The highest BCUT2D eigenvalue weighted by atomic mass is 35.5. The Morgan fingerprint density at radius 3 is 2.48 bits per heavy atom. The fraction of sp³-hybridized carbons (Fsp3) is 0.125. The van der Waals surface area contributed by atoms with Crippen LogP contribution in [0.15, 0.2) is 36.4 Å². The summed E-state index contributed by atoms with van der Waals surface area (Å²) in [7, 11) is 0. The van der Waals surface area contributed by atoms with Crippen molar-refractivity contribution in [3.8, 4) is 0 Å². The summed E-state index contributed by atoms with van der Waals surface area (Å²) in [6, 6.07) is 10.7. The summed E-state index contributed by atoms with van der Waals surface area (Å²) in [4.78, 5) is 12.6. The van der Waals surface area contributed by atoms with Crippen molar-refractivity contribution in [3.63, 3.8) is 0 Å². The highest BCUT2D eigenvalue weighted by molar-refractivity contribution is 7.80. The number of halogens is 1. The Kier molecular flexibility index (Phi) is 4.60. The number of amides is 1. The molecule has 0 aliphatic rings. The van der Waals surface area contributed by atoms with Gasteiger partial charge in [0.15, 0.2) is 0 Å². The van der Waals surface area contributed by atoms with Crippen molar-refractivity contribution in [3.05, 3.63) is 63.7 Å². The average Bonchev–Trinajstić information content (AvgIpc) is 2.39. The van der Waals surface area contributed by atoms with Gasteiger partial charge in [-0.05, 0) is 49.2 Å². The number of nitrogens with two attached hydrogens (primary N) is 1. The molecule has 2 aromatic carbocycles. The molecule has 0 aliphatic carbocycles. The van der Waals surface area contributed by atoms with Crippen molar-refractivity contribution >= 4 is 40.4 Å². The fourth-order valence-electron chi connectivity index (χ4n) is 1.97. The number of thiocarbonyl (C=S) groups is 1. The Bertz CT molecular complexity index is 708. The van der Waals surface area contributed by atoms with Gasteiger partial charge in [0.2, 0.25) is 0 Å². The van der Waals surface area contributed by atoms with Crippen LogP contribution < -0.4 is 11.1 Å². The van der Waals surface area contributed by atoms with E-state index in [2.05, 4.69) is 5.32 Å². The van der Waals surface area contributed by atoms with Gasteiger partial charge in [-0.1, -0.05) is 36.0 Å². The van der Waals surface area contributed by atoms with Crippen molar-refractivity contribution in [1.29, 1.82) is 0 Å². The van der Waals surface area contributed by atoms with Crippen LogP contribution in [-0.2, 0) is 0 Å². The lowest BCUT2D eigenvalue weighted by Crippen LogP contribution is -2.15. The SMILES string of the molecule is Cc1cc(Cl)cc(C(=O)Nc2cc(C(N)=S)ccc2C)c1. The number of aryl methyl sites for hydroxylation is 2. The van der Waals surface area contributed by atoms with Gasteiger partial charge in [-0.2, -0.15) is 0 Å². The summed E-state index contributed by atoms with van der Waals surface area (Å²) in [6.07, 6.45) is 0. The molecule has 0 aliphatic heterocycles. The minimum Gasteiger partial charge on any atom is -0.389 e. The lowest BCUT2D eigenvalue weighted by molar-refractivity contribution is 0.102. The van der Waals surface area contributed by atoms with E-state index in [0.717, 1.165) is 11.1 Å². The molecular weight excluding hydrogens is 304 g/mol. The molecule has 0 bridgehead atoms. The first-order valence-corrected chi connectivity index (χ1v) is 7.14. The van der Waals surface area contributed by atoms with Crippen molar-refractivity contribution in [2.75, 3.05) is 5.32 Å². The van der Waals surface area contributed by atoms with Crippen LogP contribution >= 0.6 is 23.8 Å². The first-order chi connectivity index (χ1) is 9.86. The fourth-order valence-corrected chi connectivity index (χ4v) is 2.39. The summed E-state index contributed by atoms with van der Waals surface area (Å²) in [5, 5.41) is 3.40. The van der Waals surface area contributed by atoms with E-state index in [4.69, 9.17) is 29.6 Å². The summed E-state index contributed by atoms with van der Waals surface area (Å²) < 4.78 is 0. The van der Waals surface area contributed by atoms with E-state index in [1.807, 2.05) is 26.0 Å². The summed E-state index contributed by atoms with van der Waals surface area (Å²) in [6.45, 7) is 3.80. The topological polar surface area (TPSA) is 55.1 Å². The van der Waals surface area contributed by atoms with Gasteiger partial charge < -0.3 is 11.1 Å². The molecule has 3 N–H and O–H groups in total. The highest BCUT2D eigenvalue weighted by Gasteiger charge is 2.10. The summed E-state index contributed by atoms with van der Waals surface area (Å²) in [5.74, 6) is -0.219. The van der Waals surface area contributed by atoms with Gasteiger partial charge in [-0.25, -0.2) is 0 Å². The quantitative estimate of drug-likeness (QED) is 0.845. The van der Waals surface area contributed by atoms with Crippen LogP contribution in [0.4, 0.5) is 5.69 Å². The largest absolute Gasteiger partial charge is 0.389 e. The van der Waals surface area contributed by atoms with Crippen molar-refractivity contribution in [2.45, 2.75) is 13.8 Å². The maximum absolute atomic E-state index is 12.3. The molecule has 0 radical (unpaired) electrons. The van der Waals surface area contributed by atoms with Gasteiger partial charge >= 0.3 is 0 Å². The molecule has 2 rings (SSSR count). The van der Waals surface area contributed by atoms with Crippen molar-refractivity contribution < 1.29 is 4.79 Å². The van der Waals surface area contributed by atoms with Crippen LogP contribution in [0.3, 0.4) is 0 Å². The average molecular weight is 319 g/mol. The van der Waals surface area contributed by atoms with Crippen LogP contribution in [0.1, 0.15) is 27.0 Å². The van der Waals surface area contributed by atoms with E-state index in [0.29, 0.717) is 26.8 Å². The van der Waals surface area contributed by atoms with Crippen LogP contribution in [0.2, 0.25) is 5.02 Å². The van der Waals surface area contributed by atoms with Gasteiger partial charge in [-0.3, -0.25) is 4.79 Å². The van der Waals surface area contributed by atoms with Gasteiger partial charge in [0.1, 0.15) is 4.99 Å². The molecule has 5 heteroatoms. The standard InChI is InChI=1S/C16H15ClN2OS/c1-9-5-12(7-13(17)6-9)16(20)19-14-8-11(15(18)21)4-3-10(14)2/h3-8H,1-2H3,(H2,18,21)(H,19,20). The molecule has 3 nitrogen and oxygen atoms in total. The zero-order valence-electron chi connectivity index (χ0n) is 11.7. The van der Waals surface area contributed by atoms with Crippen LogP contribution in [0.25, 0.3) is 0 Å². The summed E-state index contributed by atoms with van der Waals surface area (Å²) >= 11 is 10.9. The van der Waals surface area contributed by atoms with Crippen LogP contribution in [-0.4, -0.2) is 10.9 Å². The molecular formula is C16H15ClN2OS. The van der Waals surface area contributed by atoms with E-state index in [1.54, 1.807) is 24.3 Å². The van der Waals surface area contributed by atoms with Gasteiger partial charge in [-0.15, -0.1) is 0 Å². The molecule has 1 amide bonds. The Balaban J connectivity index is 2.31. The number of nitrogens with one attached hydrogen (secondary N) is 1. The van der Waals surface area contributed by atoms with Crippen molar-refractivity contribution in [1.82, 2.24) is 0 Å². The lowest BCUT2D eigenvalue weighted by Gasteiger charge is -2.11. The first kappa shape index (κ1) is 15.5. The zero-order chi connectivity index (χ0) is 15.6. The summed E-state index contributed by atoms with van der Waals surface area (Å²) in [5.41, 5.74) is 9.39. The predicted octanol–water partition coefficient (Wildman–Crippen LogP) is 3.84. The third-order valence-corrected chi connectivity index (χ3v) is 3.53. The number of benzene rings is 2. The second-order valence-corrected chi connectivity index (χ2v) is 5.74. The van der Waals surface area contributed by atoms with Crippen LogP contribution in [0, 0.1) is 13.8 Å². The smallest absolute Gasteiger partial charge is 0.255 e. The lowest BCUT2D eigenvalue weighted by atomic mass is 10.1. The number of rotatable bonds is 3. The van der Waals surface area contributed by atoms with Crippen molar-refractivity contribution in [2.24, 2.45) is 5.73 Å². The Hall–Kier alpha value is -1.91. The number of carbonyl (C=O) groups is 1. The first-order valence-electron chi connectivity index (χ1n) is 6.36. The maximum Gasteiger partial charge on any atom is 0.255 e. The molecule has 21 heavy (non-hydrogen) atoms.